The van der Waals surface area contributed by atoms with Crippen molar-refractivity contribution in [3.8, 4) is 0 Å². The lowest BCUT2D eigenvalue weighted by molar-refractivity contribution is 0.0531. The van der Waals surface area contributed by atoms with Crippen molar-refractivity contribution in [2.75, 3.05) is 26.3 Å². The molecule has 3 unspecified atom stereocenters. The molecule has 102 valence electrons. The summed E-state index contributed by atoms with van der Waals surface area (Å²) in [5.74, 6) is 0. The summed E-state index contributed by atoms with van der Waals surface area (Å²) in [6, 6.07) is 0.381. The van der Waals surface area contributed by atoms with Crippen LogP contribution in [-0.2, 0) is 4.74 Å². The van der Waals surface area contributed by atoms with Crippen molar-refractivity contribution in [2.24, 2.45) is 5.73 Å². The van der Waals surface area contributed by atoms with Crippen LogP contribution in [0.1, 0.15) is 40.0 Å². The summed E-state index contributed by atoms with van der Waals surface area (Å²) in [6.07, 6.45) is 3.55. The smallest absolute Gasteiger partial charge is 0.0702 e. The summed E-state index contributed by atoms with van der Waals surface area (Å²) in [6.45, 7) is 9.18. The molecule has 1 rings (SSSR count). The zero-order valence-corrected chi connectivity index (χ0v) is 11.5. The summed E-state index contributed by atoms with van der Waals surface area (Å²) in [7, 11) is 0. The summed E-state index contributed by atoms with van der Waals surface area (Å²) >= 11 is 0. The van der Waals surface area contributed by atoms with Crippen molar-refractivity contribution in [3.05, 3.63) is 0 Å². The lowest BCUT2D eigenvalue weighted by Crippen LogP contribution is -2.48. The molecule has 0 amide bonds. The van der Waals surface area contributed by atoms with Crippen LogP contribution in [0.15, 0.2) is 0 Å². The van der Waals surface area contributed by atoms with E-state index in [-0.39, 0.29) is 6.61 Å². The Hall–Kier alpha value is -0.160. The Bertz CT molecular complexity index is 215. The number of aliphatic hydroxyl groups is 1. The summed E-state index contributed by atoms with van der Waals surface area (Å²) in [5.41, 5.74) is 5.53. The Kier molecular flexibility index (Phi) is 5.86. The molecule has 0 saturated carbocycles. The Morgan fingerprint density at radius 2 is 2.29 bits per heavy atom. The molecule has 0 aliphatic carbocycles. The predicted octanol–water partition coefficient (Wildman–Crippen LogP) is 0.976. The van der Waals surface area contributed by atoms with Crippen LogP contribution in [0.3, 0.4) is 0 Å². The van der Waals surface area contributed by atoms with Gasteiger partial charge in [-0.2, -0.15) is 0 Å². The van der Waals surface area contributed by atoms with Gasteiger partial charge in [0.25, 0.3) is 0 Å². The largest absolute Gasteiger partial charge is 0.394 e. The minimum Gasteiger partial charge on any atom is -0.394 e. The number of likely N-dealkylation sites (N-methyl/N-ethyl adjacent to an activating group) is 1. The van der Waals surface area contributed by atoms with E-state index in [9.17, 15) is 5.11 Å². The Labute approximate surface area is 105 Å². The minimum atomic E-state index is -0.483. The predicted molar refractivity (Wildman–Crippen MR) is 70.0 cm³/mol. The molecule has 1 fully saturated rings. The van der Waals surface area contributed by atoms with Crippen molar-refractivity contribution >= 4 is 0 Å². The van der Waals surface area contributed by atoms with Gasteiger partial charge in [-0.25, -0.2) is 0 Å². The summed E-state index contributed by atoms with van der Waals surface area (Å²) < 4.78 is 5.67. The Morgan fingerprint density at radius 1 is 1.59 bits per heavy atom. The highest BCUT2D eigenvalue weighted by Crippen LogP contribution is 2.18. The van der Waals surface area contributed by atoms with Crippen LogP contribution in [-0.4, -0.2) is 54.0 Å². The zero-order chi connectivity index (χ0) is 12.9. The molecule has 1 aliphatic heterocycles. The molecular weight excluding hydrogens is 216 g/mol. The molecule has 0 bridgehead atoms. The molecule has 0 spiro atoms. The fraction of sp³-hybridized carbons (Fsp3) is 1.00. The second kappa shape index (κ2) is 6.69. The van der Waals surface area contributed by atoms with Gasteiger partial charge >= 0.3 is 0 Å². The van der Waals surface area contributed by atoms with Crippen LogP contribution in [0.25, 0.3) is 0 Å². The minimum absolute atomic E-state index is 0.0365. The first-order valence-corrected chi connectivity index (χ1v) is 6.74. The molecule has 4 nitrogen and oxygen atoms in total. The molecule has 4 heteroatoms. The van der Waals surface area contributed by atoms with Crippen molar-refractivity contribution in [2.45, 2.75) is 57.7 Å². The van der Waals surface area contributed by atoms with E-state index in [2.05, 4.69) is 18.7 Å². The second-order valence-electron chi connectivity index (χ2n) is 5.59. The highest BCUT2D eigenvalue weighted by molar-refractivity contribution is 4.84. The van der Waals surface area contributed by atoms with Crippen LogP contribution in [0.4, 0.5) is 0 Å². The van der Waals surface area contributed by atoms with Gasteiger partial charge in [-0.3, -0.25) is 4.90 Å². The van der Waals surface area contributed by atoms with E-state index in [1.807, 2.05) is 6.92 Å². The van der Waals surface area contributed by atoms with E-state index >= 15 is 0 Å². The van der Waals surface area contributed by atoms with Crippen LogP contribution in [0.5, 0.6) is 0 Å². The molecule has 1 aliphatic rings. The van der Waals surface area contributed by atoms with Crippen molar-refractivity contribution < 1.29 is 9.84 Å². The highest BCUT2D eigenvalue weighted by atomic mass is 16.5. The number of rotatable bonds is 7. The lowest BCUT2D eigenvalue weighted by atomic mass is 9.95. The van der Waals surface area contributed by atoms with Gasteiger partial charge in [0.2, 0.25) is 0 Å². The number of nitrogens with zero attached hydrogens (tertiary/aromatic N) is 1. The maximum Gasteiger partial charge on any atom is 0.0702 e. The quantitative estimate of drug-likeness (QED) is 0.701. The maximum atomic E-state index is 9.21. The van der Waals surface area contributed by atoms with E-state index in [4.69, 9.17) is 10.5 Å². The molecule has 3 atom stereocenters. The first-order valence-electron chi connectivity index (χ1n) is 6.74. The average molecular weight is 244 g/mol. The van der Waals surface area contributed by atoms with Gasteiger partial charge in [-0.15, -0.1) is 0 Å². The molecule has 17 heavy (non-hydrogen) atoms. The summed E-state index contributed by atoms with van der Waals surface area (Å²) in [5, 5.41) is 9.21. The molecule has 0 aromatic carbocycles. The SMILES string of the molecule is CCN(CC1CCCO1)C(C)CC(C)(N)CO. The van der Waals surface area contributed by atoms with E-state index in [1.165, 1.54) is 12.8 Å². The van der Waals surface area contributed by atoms with Crippen LogP contribution in [0, 0.1) is 0 Å². The number of ether oxygens (including phenoxy) is 1. The van der Waals surface area contributed by atoms with Crippen molar-refractivity contribution in [3.63, 3.8) is 0 Å². The number of hydrogen-bond donors (Lipinski definition) is 2. The van der Waals surface area contributed by atoms with Gasteiger partial charge in [0.1, 0.15) is 0 Å². The lowest BCUT2D eigenvalue weighted by Gasteiger charge is -2.34. The second-order valence-corrected chi connectivity index (χ2v) is 5.59. The van der Waals surface area contributed by atoms with Gasteiger partial charge in [0.05, 0.1) is 12.7 Å². The fourth-order valence-electron chi connectivity index (χ4n) is 2.54. The third kappa shape index (κ3) is 4.92. The Balaban J connectivity index is 2.42. The number of nitrogens with two attached hydrogens (primary N) is 1. The summed E-state index contributed by atoms with van der Waals surface area (Å²) in [4.78, 5) is 2.40. The standard InChI is InChI=1S/C13H28N2O2/c1-4-15(9-12-6-5-7-17-12)11(2)8-13(3,14)10-16/h11-12,16H,4-10,14H2,1-3H3. The van der Waals surface area contributed by atoms with E-state index in [0.29, 0.717) is 12.1 Å². The zero-order valence-electron chi connectivity index (χ0n) is 11.5. The average Bonchev–Trinajstić information content (AvgIpc) is 2.77. The third-order valence-electron chi connectivity index (χ3n) is 3.61. The Morgan fingerprint density at radius 3 is 2.76 bits per heavy atom. The van der Waals surface area contributed by atoms with Crippen molar-refractivity contribution in [1.29, 1.82) is 0 Å². The van der Waals surface area contributed by atoms with E-state index in [0.717, 1.165) is 26.1 Å². The van der Waals surface area contributed by atoms with Gasteiger partial charge in [-0.1, -0.05) is 6.92 Å². The van der Waals surface area contributed by atoms with Gasteiger partial charge in [-0.05, 0) is 39.7 Å². The first kappa shape index (κ1) is 14.9. The van der Waals surface area contributed by atoms with Gasteiger partial charge in [0, 0.05) is 24.7 Å². The molecule has 0 aromatic rings. The highest BCUT2D eigenvalue weighted by Gasteiger charge is 2.26. The van der Waals surface area contributed by atoms with Crippen LogP contribution >= 0.6 is 0 Å². The van der Waals surface area contributed by atoms with Gasteiger partial charge in [0.15, 0.2) is 0 Å². The third-order valence-corrected chi connectivity index (χ3v) is 3.61. The molecule has 3 N–H and O–H groups in total. The molecular formula is C13H28N2O2. The van der Waals surface area contributed by atoms with Crippen LogP contribution in [0.2, 0.25) is 0 Å². The van der Waals surface area contributed by atoms with Crippen LogP contribution < -0.4 is 5.73 Å². The molecule has 0 aromatic heterocycles. The molecule has 1 saturated heterocycles. The van der Waals surface area contributed by atoms with E-state index in [1.54, 1.807) is 0 Å². The van der Waals surface area contributed by atoms with Gasteiger partial charge < -0.3 is 15.6 Å². The number of aliphatic hydroxyl groups excluding tert-OH is 1. The molecule has 1 heterocycles. The monoisotopic (exact) mass is 244 g/mol. The normalized spacial score (nSPS) is 26.1. The number of hydrogen-bond acceptors (Lipinski definition) is 4. The maximum absolute atomic E-state index is 9.21. The van der Waals surface area contributed by atoms with Crippen molar-refractivity contribution in [1.82, 2.24) is 4.90 Å². The fourth-order valence-corrected chi connectivity index (χ4v) is 2.54. The van der Waals surface area contributed by atoms with E-state index < -0.39 is 5.54 Å². The first-order chi connectivity index (χ1) is 7.98. The topological polar surface area (TPSA) is 58.7 Å². The molecule has 0 radical (unpaired) electrons.